The Hall–Kier alpha value is -1.39. The maximum atomic E-state index is 12.4. The smallest absolute Gasteiger partial charge is 0.248 e. The molecule has 0 aromatic heterocycles. The highest BCUT2D eigenvalue weighted by molar-refractivity contribution is 6.05. The van der Waals surface area contributed by atoms with Gasteiger partial charge >= 0.3 is 0 Å². The van der Waals surface area contributed by atoms with Crippen molar-refractivity contribution in [3.05, 3.63) is 28.8 Å². The lowest BCUT2D eigenvalue weighted by atomic mass is 10.0. The van der Waals surface area contributed by atoms with Crippen LogP contribution in [0.15, 0.2) is 12.1 Å². The maximum absolute atomic E-state index is 12.4. The summed E-state index contributed by atoms with van der Waals surface area (Å²) in [7, 11) is 0. The zero-order valence-corrected chi connectivity index (χ0v) is 11.2. The van der Waals surface area contributed by atoms with E-state index < -0.39 is 0 Å². The van der Waals surface area contributed by atoms with Crippen LogP contribution < -0.4 is 10.2 Å². The van der Waals surface area contributed by atoms with Crippen molar-refractivity contribution in [3.8, 4) is 0 Å². The first-order chi connectivity index (χ1) is 8.61. The molecule has 4 nitrogen and oxygen atoms in total. The summed E-state index contributed by atoms with van der Waals surface area (Å²) in [4.78, 5) is 14.1. The molecule has 1 aliphatic rings. The molecule has 98 valence electrons. The number of carbonyl (C=O) groups is 1. The zero-order chi connectivity index (χ0) is 13.3. The number of benzene rings is 1. The number of nitrogens with one attached hydrogen (secondary N) is 1. The van der Waals surface area contributed by atoms with Gasteiger partial charge in [-0.05, 0) is 31.5 Å². The average Bonchev–Trinajstić information content (AvgIpc) is 2.61. The Morgan fingerprint density at radius 3 is 2.72 bits per heavy atom. The lowest BCUT2D eigenvalue weighted by molar-refractivity contribution is -0.120. The lowest BCUT2D eigenvalue weighted by Crippen LogP contribution is -2.36. The van der Waals surface area contributed by atoms with Gasteiger partial charge in [-0.2, -0.15) is 0 Å². The molecule has 0 saturated heterocycles. The predicted molar refractivity (Wildman–Crippen MR) is 71.8 cm³/mol. The predicted octanol–water partition coefficient (Wildman–Crippen LogP) is 1.29. The molecule has 1 aliphatic heterocycles. The molecule has 18 heavy (non-hydrogen) atoms. The van der Waals surface area contributed by atoms with Crippen LogP contribution in [0.5, 0.6) is 0 Å². The van der Waals surface area contributed by atoms with E-state index in [0.717, 1.165) is 23.4 Å². The number of aliphatic hydroxyl groups excluding tert-OH is 1. The van der Waals surface area contributed by atoms with Gasteiger partial charge in [0, 0.05) is 12.1 Å². The third-order valence-corrected chi connectivity index (χ3v) is 3.56. The van der Waals surface area contributed by atoms with Gasteiger partial charge in [0.15, 0.2) is 0 Å². The van der Waals surface area contributed by atoms with E-state index in [0.29, 0.717) is 6.54 Å². The van der Waals surface area contributed by atoms with Gasteiger partial charge < -0.3 is 15.3 Å². The number of aliphatic hydroxyl groups is 1. The summed E-state index contributed by atoms with van der Waals surface area (Å²) in [5.41, 5.74) is 4.29. The van der Waals surface area contributed by atoms with Crippen molar-refractivity contribution in [1.82, 2.24) is 5.32 Å². The second kappa shape index (κ2) is 5.08. The number of hydrogen-bond donors (Lipinski definition) is 2. The molecule has 2 rings (SSSR count). The Labute approximate surface area is 108 Å². The van der Waals surface area contributed by atoms with E-state index in [-0.39, 0.29) is 18.6 Å². The van der Waals surface area contributed by atoms with E-state index in [1.54, 1.807) is 4.90 Å². The largest absolute Gasteiger partial charge is 0.395 e. The Balaban J connectivity index is 2.52. The van der Waals surface area contributed by atoms with E-state index >= 15 is 0 Å². The molecule has 1 atom stereocenters. The Kier molecular flexibility index (Phi) is 3.68. The summed E-state index contributed by atoms with van der Waals surface area (Å²) in [5.74, 6) is 0.0367. The summed E-state index contributed by atoms with van der Waals surface area (Å²) < 4.78 is 0. The maximum Gasteiger partial charge on any atom is 0.248 e. The van der Waals surface area contributed by atoms with E-state index in [2.05, 4.69) is 5.32 Å². The van der Waals surface area contributed by atoms with Crippen LogP contribution in [0.4, 0.5) is 5.69 Å². The number of carbonyl (C=O) groups excluding carboxylic acids is 1. The number of amides is 1. The van der Waals surface area contributed by atoms with E-state index in [4.69, 9.17) is 5.11 Å². The number of fused-ring (bicyclic) bond motifs is 1. The van der Waals surface area contributed by atoms with Crippen molar-refractivity contribution < 1.29 is 9.90 Å². The molecule has 0 fully saturated rings. The van der Waals surface area contributed by atoms with Crippen LogP contribution in [0.2, 0.25) is 0 Å². The Morgan fingerprint density at radius 2 is 2.11 bits per heavy atom. The molecule has 0 aliphatic carbocycles. The van der Waals surface area contributed by atoms with E-state index in [1.165, 1.54) is 5.56 Å². The van der Waals surface area contributed by atoms with Gasteiger partial charge in [-0.3, -0.25) is 4.79 Å². The molecule has 1 aromatic rings. The number of aryl methyl sites for hydroxylation is 1. The van der Waals surface area contributed by atoms with Gasteiger partial charge in [-0.15, -0.1) is 0 Å². The number of nitrogens with zero attached hydrogens (tertiary/aromatic N) is 1. The summed E-state index contributed by atoms with van der Waals surface area (Å²) in [6.45, 7) is 7.14. The monoisotopic (exact) mass is 248 g/mol. The summed E-state index contributed by atoms with van der Waals surface area (Å²) in [6.07, 6.45) is 0. The minimum atomic E-state index is -0.268. The minimum Gasteiger partial charge on any atom is -0.395 e. The highest BCUT2D eigenvalue weighted by Crippen LogP contribution is 2.39. The molecule has 0 radical (unpaired) electrons. The zero-order valence-electron chi connectivity index (χ0n) is 11.2. The van der Waals surface area contributed by atoms with Gasteiger partial charge in [0.25, 0.3) is 0 Å². The second-order valence-electron chi connectivity index (χ2n) is 4.65. The molecular weight excluding hydrogens is 228 g/mol. The van der Waals surface area contributed by atoms with Crippen molar-refractivity contribution in [2.24, 2.45) is 0 Å². The number of β-amino-alcohol motifs (C(OH)–C–C–N with tert-alkyl or cyclic N) is 1. The lowest BCUT2D eigenvalue weighted by Gasteiger charge is -2.19. The van der Waals surface area contributed by atoms with Gasteiger partial charge in [0.2, 0.25) is 5.91 Å². The summed E-state index contributed by atoms with van der Waals surface area (Å²) in [5, 5.41) is 12.3. The van der Waals surface area contributed by atoms with Gasteiger partial charge in [-0.1, -0.05) is 19.1 Å². The van der Waals surface area contributed by atoms with Crippen molar-refractivity contribution in [2.45, 2.75) is 26.8 Å². The normalized spacial score (nSPS) is 18.3. The first-order valence-corrected chi connectivity index (χ1v) is 6.37. The highest BCUT2D eigenvalue weighted by atomic mass is 16.3. The van der Waals surface area contributed by atoms with E-state index in [9.17, 15) is 4.79 Å². The fourth-order valence-corrected chi connectivity index (χ4v) is 2.54. The standard InChI is InChI=1S/C14H20N2O2/c1-4-15-12-11-6-5-9(2)10(3)13(11)16(7-8-17)14(12)18/h5-6,12,15,17H,4,7-8H2,1-3H3. The molecule has 1 aromatic carbocycles. The molecule has 0 spiro atoms. The first-order valence-electron chi connectivity index (χ1n) is 6.37. The molecule has 0 bridgehead atoms. The van der Waals surface area contributed by atoms with Gasteiger partial charge in [-0.25, -0.2) is 0 Å². The number of anilines is 1. The van der Waals surface area contributed by atoms with Gasteiger partial charge in [0.05, 0.1) is 12.3 Å². The topological polar surface area (TPSA) is 52.6 Å². The minimum absolute atomic E-state index is 0.0165. The van der Waals surface area contributed by atoms with Crippen molar-refractivity contribution >= 4 is 11.6 Å². The quantitative estimate of drug-likeness (QED) is 0.844. The molecular formula is C14H20N2O2. The average molecular weight is 248 g/mol. The summed E-state index contributed by atoms with van der Waals surface area (Å²) >= 11 is 0. The molecule has 2 N–H and O–H groups in total. The number of rotatable bonds is 4. The molecule has 1 amide bonds. The third kappa shape index (κ3) is 1.91. The van der Waals surface area contributed by atoms with Crippen LogP contribution in [0.3, 0.4) is 0 Å². The van der Waals surface area contributed by atoms with E-state index in [1.807, 2.05) is 32.9 Å². The van der Waals surface area contributed by atoms with Crippen LogP contribution in [-0.2, 0) is 4.79 Å². The number of likely N-dealkylation sites (N-methyl/N-ethyl adjacent to an activating group) is 1. The highest BCUT2D eigenvalue weighted by Gasteiger charge is 2.37. The SMILES string of the molecule is CCNC1C(=O)N(CCO)c2c1ccc(C)c2C. The molecule has 0 saturated carbocycles. The summed E-state index contributed by atoms with van der Waals surface area (Å²) in [6, 6.07) is 3.80. The first kappa shape index (κ1) is 13.1. The van der Waals surface area contributed by atoms with Crippen LogP contribution in [0, 0.1) is 13.8 Å². The Bertz CT molecular complexity index is 471. The van der Waals surface area contributed by atoms with Crippen LogP contribution in [0.1, 0.15) is 29.7 Å². The van der Waals surface area contributed by atoms with Crippen molar-refractivity contribution in [2.75, 3.05) is 24.6 Å². The third-order valence-electron chi connectivity index (χ3n) is 3.56. The second-order valence-corrected chi connectivity index (χ2v) is 4.65. The van der Waals surface area contributed by atoms with Crippen LogP contribution in [-0.4, -0.2) is 30.7 Å². The van der Waals surface area contributed by atoms with Crippen LogP contribution >= 0.6 is 0 Å². The molecule has 4 heteroatoms. The van der Waals surface area contributed by atoms with Gasteiger partial charge in [0.1, 0.15) is 6.04 Å². The fraction of sp³-hybridized carbons (Fsp3) is 0.500. The number of hydrogen-bond acceptors (Lipinski definition) is 3. The fourth-order valence-electron chi connectivity index (χ4n) is 2.54. The molecule has 1 heterocycles. The Morgan fingerprint density at radius 1 is 1.39 bits per heavy atom. The van der Waals surface area contributed by atoms with Crippen molar-refractivity contribution in [1.29, 1.82) is 0 Å². The van der Waals surface area contributed by atoms with Crippen molar-refractivity contribution in [3.63, 3.8) is 0 Å². The van der Waals surface area contributed by atoms with Crippen LogP contribution in [0.25, 0.3) is 0 Å². The molecule has 1 unspecified atom stereocenters.